The molecule has 0 bridgehead atoms. The number of piperidine rings is 1. The van der Waals surface area contributed by atoms with E-state index in [1.807, 2.05) is 35.2 Å². The van der Waals surface area contributed by atoms with Crippen molar-refractivity contribution >= 4 is 17.5 Å². The van der Waals surface area contributed by atoms with E-state index in [0.717, 1.165) is 63.8 Å². The second-order valence-corrected chi connectivity index (χ2v) is 8.23. The van der Waals surface area contributed by atoms with E-state index in [1.54, 1.807) is 18.5 Å². The van der Waals surface area contributed by atoms with E-state index in [0.29, 0.717) is 11.4 Å². The lowest BCUT2D eigenvalue weighted by Gasteiger charge is -2.34. The second-order valence-electron chi connectivity index (χ2n) is 8.23. The largest absolute Gasteiger partial charge is 0.484 e. The highest BCUT2D eigenvalue weighted by atomic mass is 16.5. The molecule has 1 aromatic carbocycles. The molecule has 0 saturated carbocycles. The van der Waals surface area contributed by atoms with Crippen LogP contribution in [0.5, 0.6) is 5.75 Å². The van der Waals surface area contributed by atoms with Gasteiger partial charge in [0.25, 0.3) is 5.91 Å². The van der Waals surface area contributed by atoms with Crippen molar-refractivity contribution in [3.8, 4) is 5.75 Å². The van der Waals surface area contributed by atoms with Gasteiger partial charge in [0, 0.05) is 43.8 Å². The minimum Gasteiger partial charge on any atom is -0.484 e. The number of carbonyl (C=O) groups is 2. The number of ether oxygens (including phenoxy) is 1. The number of nitrogens with one attached hydrogen (secondary N) is 1. The van der Waals surface area contributed by atoms with E-state index in [1.165, 1.54) is 0 Å². The molecule has 164 valence electrons. The number of benzene rings is 1. The zero-order valence-corrected chi connectivity index (χ0v) is 17.8. The van der Waals surface area contributed by atoms with Gasteiger partial charge in [-0.2, -0.15) is 0 Å². The smallest absolute Gasteiger partial charge is 0.260 e. The van der Waals surface area contributed by atoms with E-state index in [2.05, 4.69) is 15.2 Å². The second kappa shape index (κ2) is 10.4. The summed E-state index contributed by atoms with van der Waals surface area (Å²) in [5.74, 6) is 0.600. The molecule has 1 N–H and O–H groups in total. The summed E-state index contributed by atoms with van der Waals surface area (Å²) in [7, 11) is 0. The average Bonchev–Trinajstić information content (AvgIpc) is 3.34. The number of hydrogen-bond acceptors (Lipinski definition) is 5. The van der Waals surface area contributed by atoms with Crippen LogP contribution in [0.25, 0.3) is 0 Å². The van der Waals surface area contributed by atoms with Crippen LogP contribution in [0.15, 0.2) is 48.8 Å². The van der Waals surface area contributed by atoms with Crippen LogP contribution < -0.4 is 10.1 Å². The summed E-state index contributed by atoms with van der Waals surface area (Å²) in [5, 5.41) is 3.04. The molecule has 3 heterocycles. The number of nitrogens with zero attached hydrogens (tertiary/aromatic N) is 3. The monoisotopic (exact) mass is 422 g/mol. The van der Waals surface area contributed by atoms with Crippen LogP contribution in [0.1, 0.15) is 37.7 Å². The molecule has 4 rings (SSSR count). The topological polar surface area (TPSA) is 74.8 Å². The summed E-state index contributed by atoms with van der Waals surface area (Å²) in [6.07, 6.45) is 8.69. The predicted octanol–water partition coefficient (Wildman–Crippen LogP) is 3.08. The lowest BCUT2D eigenvalue weighted by molar-refractivity contribution is -0.132. The highest BCUT2D eigenvalue weighted by Gasteiger charge is 2.28. The summed E-state index contributed by atoms with van der Waals surface area (Å²) in [6.45, 7) is 3.30. The fourth-order valence-electron chi connectivity index (χ4n) is 4.29. The van der Waals surface area contributed by atoms with Gasteiger partial charge in [-0.3, -0.25) is 19.5 Å². The zero-order chi connectivity index (χ0) is 21.5. The van der Waals surface area contributed by atoms with Crippen molar-refractivity contribution in [2.75, 3.05) is 31.6 Å². The van der Waals surface area contributed by atoms with Gasteiger partial charge in [-0.15, -0.1) is 0 Å². The van der Waals surface area contributed by atoms with Gasteiger partial charge in [0.15, 0.2) is 6.61 Å². The van der Waals surface area contributed by atoms with Crippen LogP contribution in [-0.4, -0.2) is 58.9 Å². The normalized spacial score (nSPS) is 19.2. The van der Waals surface area contributed by atoms with Crippen LogP contribution >= 0.6 is 0 Å². The van der Waals surface area contributed by atoms with Crippen LogP contribution in [-0.2, 0) is 16.1 Å². The van der Waals surface area contributed by atoms with Crippen LogP contribution in [0.4, 0.5) is 5.69 Å². The minimum absolute atomic E-state index is 0.000880. The predicted molar refractivity (Wildman–Crippen MR) is 119 cm³/mol. The number of anilines is 1. The first-order valence-corrected chi connectivity index (χ1v) is 11.1. The molecule has 31 heavy (non-hydrogen) atoms. The van der Waals surface area contributed by atoms with Crippen molar-refractivity contribution in [2.45, 2.75) is 44.7 Å². The third-order valence-corrected chi connectivity index (χ3v) is 5.97. The highest BCUT2D eigenvalue weighted by molar-refractivity contribution is 5.95. The molecule has 2 fully saturated rings. The van der Waals surface area contributed by atoms with Crippen molar-refractivity contribution in [1.82, 2.24) is 14.8 Å². The Balaban J connectivity index is 1.34. The minimum atomic E-state index is -0.164. The van der Waals surface area contributed by atoms with E-state index >= 15 is 0 Å². The van der Waals surface area contributed by atoms with E-state index in [4.69, 9.17) is 4.74 Å². The maximum atomic E-state index is 13.1. The Kier molecular flexibility index (Phi) is 7.14. The van der Waals surface area contributed by atoms with Crippen molar-refractivity contribution < 1.29 is 14.3 Å². The Morgan fingerprint density at radius 3 is 2.61 bits per heavy atom. The third kappa shape index (κ3) is 5.82. The van der Waals surface area contributed by atoms with Gasteiger partial charge in [-0.1, -0.05) is 12.5 Å². The Hall–Kier alpha value is -2.93. The zero-order valence-electron chi connectivity index (χ0n) is 17.8. The first-order chi connectivity index (χ1) is 15.2. The Labute approximate surface area is 183 Å². The summed E-state index contributed by atoms with van der Waals surface area (Å²) >= 11 is 0. The molecule has 2 aliphatic rings. The summed E-state index contributed by atoms with van der Waals surface area (Å²) in [5.41, 5.74) is 1.85. The van der Waals surface area contributed by atoms with Crippen LogP contribution in [0.2, 0.25) is 0 Å². The number of hydrogen-bond donors (Lipinski definition) is 1. The summed E-state index contributed by atoms with van der Waals surface area (Å²) < 4.78 is 5.69. The van der Waals surface area contributed by atoms with Gasteiger partial charge < -0.3 is 15.0 Å². The number of aromatic nitrogens is 1. The molecule has 1 atom stereocenters. The Morgan fingerprint density at radius 1 is 1.03 bits per heavy atom. The lowest BCUT2D eigenvalue weighted by Crippen LogP contribution is -2.46. The molecular weight excluding hydrogens is 392 g/mol. The number of carbonyl (C=O) groups excluding carboxylic acids is 2. The van der Waals surface area contributed by atoms with Crippen LogP contribution in [0.3, 0.4) is 0 Å². The molecular formula is C24H30N4O3. The molecule has 2 aliphatic heterocycles. The van der Waals surface area contributed by atoms with Crippen molar-refractivity contribution in [3.63, 3.8) is 0 Å². The molecule has 0 spiro atoms. The fourth-order valence-corrected chi connectivity index (χ4v) is 4.29. The highest BCUT2D eigenvalue weighted by Crippen LogP contribution is 2.23. The molecule has 7 heteroatoms. The molecule has 1 aromatic heterocycles. The molecule has 2 saturated heterocycles. The maximum absolute atomic E-state index is 13.1. The SMILES string of the molecule is O=C(Nc1cccc(OCC(=O)N2CCCC2)c1)C1CCCCN1Cc1ccncc1. The Morgan fingerprint density at radius 2 is 1.81 bits per heavy atom. The summed E-state index contributed by atoms with van der Waals surface area (Å²) in [6, 6.07) is 11.1. The number of rotatable bonds is 7. The first-order valence-electron chi connectivity index (χ1n) is 11.1. The van der Waals surface area contributed by atoms with Gasteiger partial charge in [0.2, 0.25) is 5.91 Å². The molecule has 0 aliphatic carbocycles. The first kappa shape index (κ1) is 21.3. The van der Waals surface area contributed by atoms with Crippen LogP contribution in [0, 0.1) is 0 Å². The molecule has 2 amide bonds. The molecule has 1 unspecified atom stereocenters. The van der Waals surface area contributed by atoms with E-state index < -0.39 is 0 Å². The average molecular weight is 423 g/mol. The van der Waals surface area contributed by atoms with Crippen molar-refractivity contribution in [3.05, 3.63) is 54.4 Å². The van der Waals surface area contributed by atoms with E-state index in [9.17, 15) is 9.59 Å². The van der Waals surface area contributed by atoms with Gasteiger partial charge in [0.1, 0.15) is 5.75 Å². The molecule has 0 radical (unpaired) electrons. The number of pyridine rings is 1. The van der Waals surface area contributed by atoms with Gasteiger partial charge >= 0.3 is 0 Å². The standard InChI is InChI=1S/C24H30N4O3/c29-23(27-13-3-4-14-27)18-31-21-7-5-6-20(16-21)26-24(30)22-8-1-2-15-28(22)17-19-9-11-25-12-10-19/h5-7,9-12,16,22H,1-4,8,13-15,17-18H2,(H,26,30). The van der Waals surface area contributed by atoms with Gasteiger partial charge in [-0.25, -0.2) is 0 Å². The van der Waals surface area contributed by atoms with Crippen molar-refractivity contribution in [1.29, 1.82) is 0 Å². The lowest BCUT2D eigenvalue weighted by atomic mass is 10.0. The van der Waals surface area contributed by atoms with Crippen molar-refractivity contribution in [2.24, 2.45) is 0 Å². The molecule has 2 aromatic rings. The summed E-state index contributed by atoms with van der Waals surface area (Å²) in [4.78, 5) is 33.4. The van der Waals surface area contributed by atoms with Gasteiger partial charge in [-0.05, 0) is 62.1 Å². The Bertz CT molecular complexity index is 883. The maximum Gasteiger partial charge on any atom is 0.260 e. The quantitative estimate of drug-likeness (QED) is 0.742. The fraction of sp³-hybridized carbons (Fsp3) is 0.458. The van der Waals surface area contributed by atoms with E-state index in [-0.39, 0.29) is 24.5 Å². The number of amides is 2. The molecule has 7 nitrogen and oxygen atoms in total. The van der Waals surface area contributed by atoms with Gasteiger partial charge in [0.05, 0.1) is 6.04 Å². The third-order valence-electron chi connectivity index (χ3n) is 5.97. The number of likely N-dealkylation sites (tertiary alicyclic amines) is 2.